The number of methoxy groups -OCH3 is 1. The molecule has 0 aromatic rings. The van der Waals surface area contributed by atoms with Crippen LogP contribution >= 0.6 is 0 Å². The minimum atomic E-state index is -1.75. The summed E-state index contributed by atoms with van der Waals surface area (Å²) in [6, 6.07) is 0. The Labute approximate surface area is 139 Å². The van der Waals surface area contributed by atoms with Crippen molar-refractivity contribution in [1.82, 2.24) is 0 Å². The molecule has 0 radical (unpaired) electrons. The molecule has 132 valence electrons. The topological polar surface area (TPSA) is 35.5 Å². The lowest BCUT2D eigenvalue weighted by molar-refractivity contribution is -0.108. The first-order valence-corrected chi connectivity index (χ1v) is 11.6. The van der Waals surface area contributed by atoms with Crippen LogP contribution in [-0.2, 0) is 14.0 Å². The summed E-state index contributed by atoms with van der Waals surface area (Å²) in [5, 5.41) is 0.229. The molecule has 0 aliphatic carbocycles. The Balaban J connectivity index is 4.76. The fourth-order valence-electron chi connectivity index (χ4n) is 2.43. The second-order valence-electron chi connectivity index (χ2n) is 8.13. The number of rotatable bonds is 11. The number of hydrogen-bond donors (Lipinski definition) is 0. The van der Waals surface area contributed by atoms with Crippen molar-refractivity contribution in [2.45, 2.75) is 97.1 Å². The highest BCUT2D eigenvalue weighted by Crippen LogP contribution is 2.38. The van der Waals surface area contributed by atoms with Crippen LogP contribution in [0.4, 0.5) is 0 Å². The van der Waals surface area contributed by atoms with Crippen LogP contribution in [0.3, 0.4) is 0 Å². The van der Waals surface area contributed by atoms with E-state index in [2.05, 4.69) is 47.7 Å². The van der Waals surface area contributed by atoms with Crippen molar-refractivity contribution >= 4 is 14.6 Å². The maximum absolute atomic E-state index is 10.6. The van der Waals surface area contributed by atoms with Crippen LogP contribution in [0, 0.1) is 5.92 Å². The zero-order valence-electron chi connectivity index (χ0n) is 16.1. The number of aldehydes is 1. The third-order valence-electron chi connectivity index (χ3n) is 4.90. The molecule has 0 amide bonds. The van der Waals surface area contributed by atoms with E-state index in [-0.39, 0.29) is 17.2 Å². The molecule has 0 fully saturated rings. The molecule has 0 aromatic heterocycles. The van der Waals surface area contributed by atoms with Crippen molar-refractivity contribution in [1.29, 1.82) is 0 Å². The average Bonchev–Trinajstić information content (AvgIpc) is 2.36. The third kappa shape index (κ3) is 7.89. The van der Waals surface area contributed by atoms with Crippen LogP contribution in [0.1, 0.15) is 66.7 Å². The molecule has 3 nitrogen and oxygen atoms in total. The van der Waals surface area contributed by atoms with Gasteiger partial charge in [0.15, 0.2) is 8.32 Å². The third-order valence-corrected chi connectivity index (χ3v) is 9.44. The number of hydrogen-bond acceptors (Lipinski definition) is 3. The Bertz CT molecular complexity index is 310. The van der Waals surface area contributed by atoms with Gasteiger partial charge in [-0.2, -0.15) is 0 Å². The van der Waals surface area contributed by atoms with Crippen LogP contribution in [-0.4, -0.2) is 33.9 Å². The predicted octanol–water partition coefficient (Wildman–Crippen LogP) is 5.20. The van der Waals surface area contributed by atoms with Gasteiger partial charge in [0.1, 0.15) is 6.29 Å². The van der Waals surface area contributed by atoms with Crippen LogP contribution in [0.2, 0.25) is 18.1 Å². The summed E-state index contributed by atoms with van der Waals surface area (Å²) in [7, 11) is 0.0198. The summed E-state index contributed by atoms with van der Waals surface area (Å²) in [6.07, 6.45) is 6.12. The van der Waals surface area contributed by atoms with E-state index >= 15 is 0 Å². The summed E-state index contributed by atoms with van der Waals surface area (Å²) in [5.41, 5.74) is 0. The predicted molar refractivity (Wildman–Crippen MR) is 96.9 cm³/mol. The molecule has 0 bridgehead atoms. The van der Waals surface area contributed by atoms with E-state index < -0.39 is 8.32 Å². The van der Waals surface area contributed by atoms with Gasteiger partial charge in [-0.05, 0) is 43.3 Å². The first-order valence-electron chi connectivity index (χ1n) is 8.71. The molecule has 0 heterocycles. The van der Waals surface area contributed by atoms with E-state index in [9.17, 15) is 4.79 Å². The van der Waals surface area contributed by atoms with Gasteiger partial charge in [-0.1, -0.05) is 41.0 Å². The van der Waals surface area contributed by atoms with Crippen LogP contribution in [0.15, 0.2) is 0 Å². The van der Waals surface area contributed by atoms with E-state index in [0.717, 1.165) is 32.0 Å². The fraction of sp³-hybridized carbons (Fsp3) is 0.944. The lowest BCUT2D eigenvalue weighted by atomic mass is 9.96. The van der Waals surface area contributed by atoms with Crippen molar-refractivity contribution in [3.63, 3.8) is 0 Å². The highest BCUT2D eigenvalue weighted by molar-refractivity contribution is 6.74. The van der Waals surface area contributed by atoms with Gasteiger partial charge in [0, 0.05) is 19.6 Å². The van der Waals surface area contributed by atoms with E-state index in [1.165, 1.54) is 0 Å². The Morgan fingerprint density at radius 3 is 2.14 bits per heavy atom. The van der Waals surface area contributed by atoms with Gasteiger partial charge in [-0.3, -0.25) is 0 Å². The second kappa shape index (κ2) is 9.84. The molecule has 0 N–H and O–H groups in total. The van der Waals surface area contributed by atoms with Crippen LogP contribution < -0.4 is 0 Å². The van der Waals surface area contributed by atoms with Gasteiger partial charge in [-0.15, -0.1) is 0 Å². The molecule has 0 unspecified atom stereocenters. The largest absolute Gasteiger partial charge is 0.414 e. The van der Waals surface area contributed by atoms with Crippen molar-refractivity contribution in [2.75, 3.05) is 7.11 Å². The van der Waals surface area contributed by atoms with E-state index in [1.54, 1.807) is 7.11 Å². The average molecular weight is 331 g/mol. The lowest BCUT2D eigenvalue weighted by Crippen LogP contribution is -2.44. The summed E-state index contributed by atoms with van der Waals surface area (Å²) in [4.78, 5) is 10.6. The molecule has 0 aliphatic heterocycles. The van der Waals surface area contributed by atoms with Crippen LogP contribution in [0.5, 0.6) is 0 Å². The van der Waals surface area contributed by atoms with Gasteiger partial charge in [0.25, 0.3) is 0 Å². The minimum Gasteiger partial charge on any atom is -0.414 e. The van der Waals surface area contributed by atoms with E-state index in [0.29, 0.717) is 12.3 Å². The minimum absolute atomic E-state index is 0.177. The molecule has 0 rings (SSSR count). The van der Waals surface area contributed by atoms with Crippen molar-refractivity contribution in [3.8, 4) is 0 Å². The van der Waals surface area contributed by atoms with Crippen molar-refractivity contribution in [3.05, 3.63) is 0 Å². The zero-order valence-corrected chi connectivity index (χ0v) is 17.1. The molecular formula is C18H38O3Si. The Morgan fingerprint density at radius 1 is 1.14 bits per heavy atom. The normalized spacial score (nSPS) is 17.1. The van der Waals surface area contributed by atoms with Gasteiger partial charge >= 0.3 is 0 Å². The summed E-state index contributed by atoms with van der Waals surface area (Å²) >= 11 is 0. The van der Waals surface area contributed by atoms with Crippen molar-refractivity contribution < 1.29 is 14.0 Å². The van der Waals surface area contributed by atoms with E-state index in [4.69, 9.17) is 9.16 Å². The molecule has 4 heteroatoms. The van der Waals surface area contributed by atoms with Crippen LogP contribution in [0.25, 0.3) is 0 Å². The first kappa shape index (κ1) is 21.8. The smallest absolute Gasteiger partial charge is 0.192 e. The fourth-order valence-corrected chi connectivity index (χ4v) is 3.83. The number of carbonyl (C=O) groups is 1. The molecular weight excluding hydrogens is 292 g/mol. The highest BCUT2D eigenvalue weighted by atomic mass is 28.4. The molecule has 22 heavy (non-hydrogen) atoms. The number of ether oxygens (including phenoxy) is 1. The summed E-state index contributed by atoms with van der Waals surface area (Å²) in [5.74, 6) is 0.373. The Morgan fingerprint density at radius 2 is 1.73 bits per heavy atom. The standard InChI is InChI=1S/C18H38O3Si/c1-9-10-16(21-22(7,8)18(3,4)5)14-17(20-6)13-15(2)11-12-19/h12,15-17H,9-11,13-14H2,1-8H3/t15-,16+,17+/m1/s1. The Kier molecular flexibility index (Phi) is 9.75. The second-order valence-corrected chi connectivity index (χ2v) is 12.9. The lowest BCUT2D eigenvalue weighted by Gasteiger charge is -2.40. The molecule has 0 spiro atoms. The highest BCUT2D eigenvalue weighted by Gasteiger charge is 2.39. The van der Waals surface area contributed by atoms with Crippen molar-refractivity contribution in [2.24, 2.45) is 5.92 Å². The zero-order chi connectivity index (χ0) is 17.4. The molecule has 0 aromatic carbocycles. The van der Waals surface area contributed by atoms with E-state index in [1.807, 2.05) is 0 Å². The van der Waals surface area contributed by atoms with Gasteiger partial charge in [0.2, 0.25) is 0 Å². The number of carbonyl (C=O) groups excluding carboxylic acids is 1. The summed E-state index contributed by atoms with van der Waals surface area (Å²) in [6.45, 7) is 15.8. The molecule has 3 atom stereocenters. The Hall–Kier alpha value is -0.193. The maximum atomic E-state index is 10.6. The molecule has 0 saturated heterocycles. The van der Waals surface area contributed by atoms with Gasteiger partial charge in [-0.25, -0.2) is 0 Å². The molecule has 0 saturated carbocycles. The van der Waals surface area contributed by atoms with Gasteiger partial charge in [0.05, 0.1) is 6.10 Å². The summed E-state index contributed by atoms with van der Waals surface area (Å²) < 4.78 is 12.3. The van der Waals surface area contributed by atoms with Gasteiger partial charge < -0.3 is 14.0 Å². The quantitative estimate of drug-likeness (QED) is 0.386. The maximum Gasteiger partial charge on any atom is 0.192 e. The SMILES string of the molecule is CCC[C@@H](C[C@H](C[C@H](C)CC=O)OC)O[Si](C)(C)C(C)(C)C. The first-order chi connectivity index (χ1) is 10.1. The monoisotopic (exact) mass is 330 g/mol. The molecule has 0 aliphatic rings.